The Hall–Kier alpha value is -3.96. The van der Waals surface area contributed by atoms with Gasteiger partial charge in [-0.15, -0.1) is 0 Å². The number of benzene rings is 3. The van der Waals surface area contributed by atoms with E-state index in [0.717, 1.165) is 21.3 Å². The van der Waals surface area contributed by atoms with E-state index in [-0.39, 0.29) is 18.2 Å². The van der Waals surface area contributed by atoms with Crippen molar-refractivity contribution in [2.45, 2.75) is 13.8 Å². The first kappa shape index (κ1) is 23.7. The number of non-ortho nitro benzene ring substituents is 1. The smallest absolute Gasteiger partial charge is 0.269 e. The quantitative estimate of drug-likeness (QED) is 0.182. The zero-order chi connectivity index (χ0) is 24.0. The van der Waals surface area contributed by atoms with Gasteiger partial charge >= 0.3 is 0 Å². The molecule has 0 heterocycles. The van der Waals surface area contributed by atoms with Gasteiger partial charge in [-0.25, -0.2) is 0 Å². The first-order valence-corrected chi connectivity index (χ1v) is 10.7. The highest BCUT2D eigenvalue weighted by Crippen LogP contribution is 2.28. The van der Waals surface area contributed by atoms with Gasteiger partial charge in [0.25, 0.3) is 11.6 Å². The van der Waals surface area contributed by atoms with E-state index in [0.29, 0.717) is 22.4 Å². The summed E-state index contributed by atoms with van der Waals surface area (Å²) in [5, 5.41) is 23.4. The predicted octanol–water partition coefficient (Wildman–Crippen LogP) is 6.06. The van der Waals surface area contributed by atoms with Crippen LogP contribution in [0, 0.1) is 35.3 Å². The molecule has 0 atom stereocenters. The first-order valence-electron chi connectivity index (χ1n) is 9.93. The summed E-state index contributed by atoms with van der Waals surface area (Å²) in [6, 6.07) is 18.7. The second kappa shape index (κ2) is 10.6. The number of anilines is 1. The number of aryl methyl sites for hydroxylation is 1. The molecule has 7 nitrogen and oxygen atoms in total. The predicted molar refractivity (Wildman–Crippen MR) is 131 cm³/mol. The number of hydrogen-bond donors (Lipinski definition) is 1. The lowest BCUT2D eigenvalue weighted by atomic mass is 10.0. The highest BCUT2D eigenvalue weighted by atomic mass is 79.9. The summed E-state index contributed by atoms with van der Waals surface area (Å²) in [4.78, 5) is 22.8. The molecule has 1 amide bonds. The lowest BCUT2D eigenvalue weighted by Crippen LogP contribution is -2.21. The summed E-state index contributed by atoms with van der Waals surface area (Å²) in [7, 11) is 0. The van der Waals surface area contributed by atoms with Crippen molar-refractivity contribution in [3.63, 3.8) is 0 Å². The van der Waals surface area contributed by atoms with Crippen LogP contribution in [-0.4, -0.2) is 17.4 Å². The van der Waals surface area contributed by atoms with Crippen LogP contribution in [0.5, 0.6) is 5.75 Å². The van der Waals surface area contributed by atoms with Crippen molar-refractivity contribution < 1.29 is 14.5 Å². The summed E-state index contributed by atoms with van der Waals surface area (Å²) in [5.74, 6) is 0.112. The molecule has 3 aromatic carbocycles. The fourth-order valence-electron chi connectivity index (χ4n) is 3.08. The number of rotatable bonds is 7. The minimum Gasteiger partial charge on any atom is -0.483 e. The van der Waals surface area contributed by atoms with E-state index in [1.54, 1.807) is 24.3 Å². The topological polar surface area (TPSA) is 105 Å². The molecule has 0 bridgehead atoms. The fourth-order valence-corrected chi connectivity index (χ4v) is 3.46. The molecule has 0 aliphatic heterocycles. The number of carbonyl (C=O) groups excluding carboxylic acids is 1. The summed E-state index contributed by atoms with van der Waals surface area (Å²) >= 11 is 3.41. The van der Waals surface area contributed by atoms with Crippen LogP contribution in [0.25, 0.3) is 11.6 Å². The Bertz CT molecular complexity index is 1280. The molecule has 8 heteroatoms. The molecule has 0 fully saturated rings. The molecular formula is C25H20BrN3O4. The molecule has 1 N–H and O–H groups in total. The van der Waals surface area contributed by atoms with Crippen LogP contribution in [0.4, 0.5) is 11.4 Å². The van der Waals surface area contributed by atoms with E-state index in [1.165, 1.54) is 24.3 Å². The molecule has 0 unspecified atom stereocenters. The van der Waals surface area contributed by atoms with Crippen LogP contribution < -0.4 is 10.1 Å². The number of amides is 1. The molecule has 0 saturated carbocycles. The van der Waals surface area contributed by atoms with Crippen LogP contribution in [0.3, 0.4) is 0 Å². The van der Waals surface area contributed by atoms with Crippen molar-refractivity contribution in [2.75, 3.05) is 11.9 Å². The second-order valence-corrected chi connectivity index (χ2v) is 8.16. The molecule has 3 aromatic rings. The number of ether oxygens (including phenoxy) is 1. The Kier molecular flexibility index (Phi) is 7.59. The monoisotopic (exact) mass is 505 g/mol. The zero-order valence-corrected chi connectivity index (χ0v) is 19.5. The van der Waals surface area contributed by atoms with E-state index in [1.807, 2.05) is 32.0 Å². The average Bonchev–Trinajstić information content (AvgIpc) is 2.80. The number of nitro groups is 1. The molecule has 0 aliphatic carbocycles. The van der Waals surface area contributed by atoms with Crippen molar-refractivity contribution in [1.29, 1.82) is 5.26 Å². The van der Waals surface area contributed by atoms with Crippen molar-refractivity contribution in [1.82, 2.24) is 0 Å². The molecular weight excluding hydrogens is 486 g/mol. The van der Waals surface area contributed by atoms with Crippen LogP contribution in [-0.2, 0) is 4.79 Å². The van der Waals surface area contributed by atoms with Crippen molar-refractivity contribution >= 4 is 44.9 Å². The van der Waals surface area contributed by atoms with Gasteiger partial charge in [0.2, 0.25) is 0 Å². The number of nitro benzene ring substituents is 1. The summed E-state index contributed by atoms with van der Waals surface area (Å²) in [5.41, 5.74) is 4.14. The van der Waals surface area contributed by atoms with E-state index < -0.39 is 4.92 Å². The molecule has 0 aromatic heterocycles. The Morgan fingerprint density at radius 3 is 2.58 bits per heavy atom. The van der Waals surface area contributed by atoms with Crippen LogP contribution in [0.15, 0.2) is 65.1 Å². The summed E-state index contributed by atoms with van der Waals surface area (Å²) < 4.78 is 6.52. The molecule has 33 heavy (non-hydrogen) atoms. The SMILES string of the molecule is Cc1cccc(NC(=O)COc2ccc(Br)cc2/C=C(\C#N)c2ccc([N+](=O)[O-])cc2)c1C. The Balaban J connectivity index is 1.80. The minimum atomic E-state index is -0.497. The molecule has 3 rings (SSSR count). The molecule has 166 valence electrons. The van der Waals surface area contributed by atoms with Crippen LogP contribution >= 0.6 is 15.9 Å². The normalized spacial score (nSPS) is 10.9. The average molecular weight is 506 g/mol. The van der Waals surface area contributed by atoms with Gasteiger partial charge in [0.1, 0.15) is 5.75 Å². The van der Waals surface area contributed by atoms with Gasteiger partial charge in [0.15, 0.2) is 6.61 Å². The lowest BCUT2D eigenvalue weighted by Gasteiger charge is -2.13. The lowest BCUT2D eigenvalue weighted by molar-refractivity contribution is -0.384. The molecule has 0 aliphatic rings. The Morgan fingerprint density at radius 2 is 1.91 bits per heavy atom. The third-order valence-corrected chi connectivity index (χ3v) is 5.51. The number of hydrogen-bond acceptors (Lipinski definition) is 5. The van der Waals surface area contributed by atoms with Gasteiger partial charge in [0.05, 0.1) is 16.6 Å². The van der Waals surface area contributed by atoms with Gasteiger partial charge in [-0.1, -0.05) is 28.1 Å². The maximum Gasteiger partial charge on any atom is 0.269 e. The third kappa shape index (κ3) is 6.05. The van der Waals surface area contributed by atoms with Gasteiger partial charge < -0.3 is 10.1 Å². The van der Waals surface area contributed by atoms with Gasteiger partial charge in [-0.2, -0.15) is 5.26 Å². The first-order chi connectivity index (χ1) is 15.8. The summed E-state index contributed by atoms with van der Waals surface area (Å²) in [6.07, 6.45) is 1.61. The second-order valence-electron chi connectivity index (χ2n) is 7.24. The largest absolute Gasteiger partial charge is 0.483 e. The van der Waals surface area contributed by atoms with E-state index in [2.05, 4.69) is 27.3 Å². The van der Waals surface area contributed by atoms with Crippen molar-refractivity contribution in [3.05, 3.63) is 97.5 Å². The maximum absolute atomic E-state index is 12.4. The number of carbonyl (C=O) groups is 1. The van der Waals surface area contributed by atoms with Gasteiger partial charge in [-0.05, 0) is 73.0 Å². The van der Waals surface area contributed by atoms with Crippen molar-refractivity contribution in [2.24, 2.45) is 0 Å². The Morgan fingerprint density at radius 1 is 1.18 bits per heavy atom. The molecule has 0 radical (unpaired) electrons. The maximum atomic E-state index is 12.4. The molecule has 0 saturated heterocycles. The van der Waals surface area contributed by atoms with E-state index in [9.17, 15) is 20.2 Å². The third-order valence-electron chi connectivity index (χ3n) is 5.02. The molecule has 0 spiro atoms. The highest BCUT2D eigenvalue weighted by Gasteiger charge is 2.11. The van der Waals surface area contributed by atoms with Gasteiger partial charge in [0, 0.05) is 27.9 Å². The summed E-state index contributed by atoms with van der Waals surface area (Å²) in [6.45, 7) is 3.69. The minimum absolute atomic E-state index is 0.0580. The number of nitriles is 1. The van der Waals surface area contributed by atoms with E-state index >= 15 is 0 Å². The fraction of sp³-hybridized carbons (Fsp3) is 0.120. The number of allylic oxidation sites excluding steroid dienone is 1. The van der Waals surface area contributed by atoms with Gasteiger partial charge in [-0.3, -0.25) is 14.9 Å². The van der Waals surface area contributed by atoms with Crippen LogP contribution in [0.2, 0.25) is 0 Å². The number of nitrogens with zero attached hydrogens (tertiary/aromatic N) is 2. The highest BCUT2D eigenvalue weighted by molar-refractivity contribution is 9.10. The zero-order valence-electron chi connectivity index (χ0n) is 18.0. The van der Waals surface area contributed by atoms with Crippen LogP contribution in [0.1, 0.15) is 22.3 Å². The van der Waals surface area contributed by atoms with E-state index in [4.69, 9.17) is 4.74 Å². The standard InChI is InChI=1S/C25H20BrN3O4/c1-16-4-3-5-23(17(16)2)28-25(30)15-33-24-11-8-21(26)13-19(24)12-20(14-27)18-6-9-22(10-7-18)29(31)32/h3-13H,15H2,1-2H3,(H,28,30)/b20-12+. The Labute approximate surface area is 199 Å². The van der Waals surface area contributed by atoms with Crippen molar-refractivity contribution in [3.8, 4) is 11.8 Å². The number of halogens is 1. The number of nitrogens with one attached hydrogen (secondary N) is 1.